The number of aliphatic hydroxyl groups excluding tert-OH is 1. The number of likely N-dealkylation sites (tertiary alicyclic amines) is 1. The molecule has 3 N–H and O–H groups in total. The standard InChI is InChI=1S/C27H21ClN2O4/c28-18-9-5-16(6-10-18)13-14-30-24(17-7-11-19(31)12-8-17)23(26(33)27(30)34)25(32)21-15-29-22-4-2-1-3-20(21)22/h1-12,15,24,29,31-32H,13-14H2/b25-23-. The van der Waals surface area contributed by atoms with Gasteiger partial charge in [0, 0.05) is 34.2 Å². The Hall–Kier alpha value is -4.03. The number of aromatic hydroxyl groups is 1. The number of rotatable bonds is 5. The lowest BCUT2D eigenvalue weighted by atomic mass is 9.95. The van der Waals surface area contributed by atoms with Crippen molar-refractivity contribution in [2.75, 3.05) is 6.54 Å². The largest absolute Gasteiger partial charge is 0.508 e. The maximum atomic E-state index is 13.2. The number of fused-ring (bicyclic) bond motifs is 1. The summed E-state index contributed by atoms with van der Waals surface area (Å²) in [4.78, 5) is 30.9. The van der Waals surface area contributed by atoms with Crippen LogP contribution in [0.3, 0.4) is 0 Å². The van der Waals surface area contributed by atoms with Gasteiger partial charge in [0.1, 0.15) is 11.5 Å². The van der Waals surface area contributed by atoms with E-state index in [4.69, 9.17) is 11.6 Å². The summed E-state index contributed by atoms with van der Waals surface area (Å²) in [5, 5.41) is 22.4. The average Bonchev–Trinajstić information content (AvgIpc) is 3.38. The number of hydrogen-bond donors (Lipinski definition) is 3. The van der Waals surface area contributed by atoms with Crippen LogP contribution in [0.1, 0.15) is 22.7 Å². The van der Waals surface area contributed by atoms with Crippen LogP contribution in [0.15, 0.2) is 84.6 Å². The van der Waals surface area contributed by atoms with E-state index in [1.807, 2.05) is 36.4 Å². The highest BCUT2D eigenvalue weighted by molar-refractivity contribution is 6.46. The predicted molar refractivity (Wildman–Crippen MR) is 131 cm³/mol. The summed E-state index contributed by atoms with van der Waals surface area (Å²) in [5.74, 6) is -1.58. The highest BCUT2D eigenvalue weighted by atomic mass is 35.5. The second-order valence-corrected chi connectivity index (χ2v) is 8.64. The van der Waals surface area contributed by atoms with E-state index < -0.39 is 17.7 Å². The number of aliphatic hydroxyl groups is 1. The van der Waals surface area contributed by atoms with Crippen molar-refractivity contribution in [2.45, 2.75) is 12.5 Å². The molecule has 6 nitrogen and oxygen atoms in total. The van der Waals surface area contributed by atoms with Crippen molar-refractivity contribution in [3.05, 3.63) is 106 Å². The number of phenolic OH excluding ortho intramolecular Hbond substituents is 1. The smallest absolute Gasteiger partial charge is 0.295 e. The Morgan fingerprint density at radius 3 is 2.41 bits per heavy atom. The van der Waals surface area contributed by atoms with E-state index in [-0.39, 0.29) is 23.6 Å². The van der Waals surface area contributed by atoms with Gasteiger partial charge < -0.3 is 20.1 Å². The monoisotopic (exact) mass is 472 g/mol. The fourth-order valence-electron chi connectivity index (χ4n) is 4.43. The summed E-state index contributed by atoms with van der Waals surface area (Å²) in [5.41, 5.74) is 2.87. The van der Waals surface area contributed by atoms with Crippen molar-refractivity contribution in [1.29, 1.82) is 0 Å². The van der Waals surface area contributed by atoms with Gasteiger partial charge in [-0.2, -0.15) is 0 Å². The van der Waals surface area contributed by atoms with Gasteiger partial charge in [-0.3, -0.25) is 9.59 Å². The summed E-state index contributed by atoms with van der Waals surface area (Å²) in [6.07, 6.45) is 2.14. The zero-order chi connectivity index (χ0) is 23.8. The number of H-pyrrole nitrogens is 1. The Morgan fingerprint density at radius 2 is 1.68 bits per heavy atom. The third-order valence-corrected chi connectivity index (χ3v) is 6.40. The van der Waals surface area contributed by atoms with Gasteiger partial charge in [-0.15, -0.1) is 0 Å². The van der Waals surface area contributed by atoms with Crippen molar-refractivity contribution in [2.24, 2.45) is 0 Å². The van der Waals surface area contributed by atoms with Crippen LogP contribution in [0.4, 0.5) is 0 Å². The van der Waals surface area contributed by atoms with Crippen LogP contribution in [0.2, 0.25) is 5.02 Å². The number of nitrogens with one attached hydrogen (secondary N) is 1. The Bertz CT molecular complexity index is 1420. The van der Waals surface area contributed by atoms with E-state index in [1.54, 1.807) is 30.5 Å². The molecule has 1 aliphatic rings. The average molecular weight is 473 g/mol. The fourth-order valence-corrected chi connectivity index (χ4v) is 4.55. The van der Waals surface area contributed by atoms with Crippen LogP contribution in [-0.2, 0) is 16.0 Å². The van der Waals surface area contributed by atoms with E-state index in [9.17, 15) is 19.8 Å². The number of phenols is 1. The van der Waals surface area contributed by atoms with E-state index in [0.717, 1.165) is 16.5 Å². The number of benzene rings is 3. The van der Waals surface area contributed by atoms with Gasteiger partial charge in [0.2, 0.25) is 0 Å². The minimum Gasteiger partial charge on any atom is -0.508 e. The number of carbonyl (C=O) groups excluding carboxylic acids is 2. The number of aromatic nitrogens is 1. The van der Waals surface area contributed by atoms with Crippen LogP contribution < -0.4 is 0 Å². The Balaban J connectivity index is 1.60. The lowest BCUT2D eigenvalue weighted by Crippen LogP contribution is -2.31. The van der Waals surface area contributed by atoms with Crippen molar-refractivity contribution >= 4 is 40.0 Å². The molecular weight excluding hydrogens is 452 g/mol. The first kappa shape index (κ1) is 21.8. The first-order valence-electron chi connectivity index (χ1n) is 10.8. The molecule has 1 amide bonds. The second kappa shape index (κ2) is 8.72. The fraction of sp³-hybridized carbons (Fsp3) is 0.111. The molecule has 0 aliphatic carbocycles. The molecule has 1 aromatic heterocycles. The minimum atomic E-state index is -0.790. The summed E-state index contributed by atoms with van der Waals surface area (Å²) >= 11 is 5.98. The van der Waals surface area contributed by atoms with Crippen molar-refractivity contribution in [3.8, 4) is 5.75 Å². The molecule has 0 bridgehead atoms. The number of amides is 1. The number of halogens is 1. The molecule has 2 heterocycles. The van der Waals surface area contributed by atoms with E-state index in [0.29, 0.717) is 22.6 Å². The van der Waals surface area contributed by atoms with Crippen molar-refractivity contribution in [1.82, 2.24) is 9.88 Å². The molecule has 34 heavy (non-hydrogen) atoms. The third-order valence-electron chi connectivity index (χ3n) is 6.15. The number of nitrogens with zero attached hydrogens (tertiary/aromatic N) is 1. The van der Waals surface area contributed by atoms with Gasteiger partial charge in [0.05, 0.1) is 11.6 Å². The molecule has 4 aromatic rings. The number of aromatic amines is 1. The van der Waals surface area contributed by atoms with Crippen LogP contribution in [0, 0.1) is 0 Å². The van der Waals surface area contributed by atoms with Crippen molar-refractivity contribution in [3.63, 3.8) is 0 Å². The Morgan fingerprint density at radius 1 is 0.971 bits per heavy atom. The summed E-state index contributed by atoms with van der Waals surface area (Å²) < 4.78 is 0. The molecule has 3 aromatic carbocycles. The topological polar surface area (TPSA) is 93.6 Å². The predicted octanol–water partition coefficient (Wildman–Crippen LogP) is 5.19. The first-order chi connectivity index (χ1) is 16.4. The maximum Gasteiger partial charge on any atom is 0.295 e. The van der Waals surface area contributed by atoms with Gasteiger partial charge in [0.25, 0.3) is 11.7 Å². The van der Waals surface area contributed by atoms with Gasteiger partial charge in [-0.05, 0) is 47.9 Å². The molecule has 0 saturated carbocycles. The minimum absolute atomic E-state index is 0.0246. The molecule has 0 spiro atoms. The molecule has 5 rings (SSSR count). The maximum absolute atomic E-state index is 13.2. The first-order valence-corrected chi connectivity index (χ1v) is 11.2. The lowest BCUT2D eigenvalue weighted by Gasteiger charge is -2.25. The second-order valence-electron chi connectivity index (χ2n) is 8.21. The Labute approximate surface area is 200 Å². The zero-order valence-electron chi connectivity index (χ0n) is 18.0. The molecule has 1 unspecified atom stereocenters. The number of Topliss-reactive ketones (excluding diaryl/α,β-unsaturated/α-hetero) is 1. The van der Waals surface area contributed by atoms with Gasteiger partial charge >= 0.3 is 0 Å². The molecule has 1 saturated heterocycles. The zero-order valence-corrected chi connectivity index (χ0v) is 18.8. The van der Waals surface area contributed by atoms with E-state index in [2.05, 4.69) is 4.98 Å². The highest BCUT2D eigenvalue weighted by Crippen LogP contribution is 2.41. The number of para-hydroxylation sites is 1. The van der Waals surface area contributed by atoms with Gasteiger partial charge in [-0.1, -0.05) is 54.1 Å². The van der Waals surface area contributed by atoms with Gasteiger partial charge in [0.15, 0.2) is 0 Å². The number of ketones is 1. The van der Waals surface area contributed by atoms with Crippen LogP contribution >= 0.6 is 11.6 Å². The summed E-state index contributed by atoms with van der Waals surface area (Å²) in [6.45, 7) is 0.266. The van der Waals surface area contributed by atoms with E-state index >= 15 is 0 Å². The molecular formula is C27H21ClN2O4. The summed E-state index contributed by atoms with van der Waals surface area (Å²) in [7, 11) is 0. The molecule has 1 fully saturated rings. The molecule has 170 valence electrons. The summed E-state index contributed by atoms with van der Waals surface area (Å²) in [6, 6.07) is 20.3. The number of hydrogen-bond acceptors (Lipinski definition) is 4. The highest BCUT2D eigenvalue weighted by Gasteiger charge is 2.46. The molecule has 0 radical (unpaired) electrons. The normalized spacial score (nSPS) is 17.6. The third kappa shape index (κ3) is 3.82. The van der Waals surface area contributed by atoms with Crippen molar-refractivity contribution < 1.29 is 19.8 Å². The quantitative estimate of drug-likeness (QED) is 0.211. The molecule has 7 heteroatoms. The van der Waals surface area contributed by atoms with Crippen LogP contribution in [0.25, 0.3) is 16.7 Å². The SMILES string of the molecule is O=C1C(=O)N(CCc2ccc(Cl)cc2)C(c2ccc(O)cc2)/C1=C(/O)c1c[nH]c2ccccc12. The van der Waals surface area contributed by atoms with Crippen LogP contribution in [0.5, 0.6) is 5.75 Å². The molecule has 1 aliphatic heterocycles. The lowest BCUT2D eigenvalue weighted by molar-refractivity contribution is -0.139. The Kier molecular flexibility index (Phi) is 5.59. The number of carbonyl (C=O) groups is 2. The molecule has 1 atom stereocenters. The van der Waals surface area contributed by atoms with Crippen LogP contribution in [-0.4, -0.2) is 38.3 Å². The van der Waals surface area contributed by atoms with Gasteiger partial charge in [-0.25, -0.2) is 0 Å². The van der Waals surface area contributed by atoms with E-state index in [1.165, 1.54) is 17.0 Å².